The van der Waals surface area contributed by atoms with Crippen LogP contribution >= 0.6 is 0 Å². The third kappa shape index (κ3) is 4.46. The minimum Gasteiger partial charge on any atom is -0.508 e. The molecule has 1 aliphatic rings. The zero-order valence-corrected chi connectivity index (χ0v) is 13.4. The Kier molecular flexibility index (Phi) is 4.88. The van der Waals surface area contributed by atoms with E-state index in [0.717, 1.165) is 24.0 Å². The van der Waals surface area contributed by atoms with Gasteiger partial charge in [0.25, 0.3) is 0 Å². The highest BCUT2D eigenvalue weighted by atomic mass is 16.3. The summed E-state index contributed by atoms with van der Waals surface area (Å²) in [5.74, 6) is 0.801. The van der Waals surface area contributed by atoms with Gasteiger partial charge in [-0.3, -0.25) is 9.69 Å². The number of amides is 1. The van der Waals surface area contributed by atoms with Crippen LogP contribution in [0.25, 0.3) is 0 Å². The number of hydrogen-bond donors (Lipinski definition) is 2. The summed E-state index contributed by atoms with van der Waals surface area (Å²) in [7, 11) is 1.90. The Balaban J connectivity index is 2.00. The third-order valence-corrected chi connectivity index (χ3v) is 3.89. The maximum atomic E-state index is 11.8. The smallest absolute Gasteiger partial charge is 0.234 e. The number of phenols is 1. The second-order valence-corrected chi connectivity index (χ2v) is 6.51. The molecule has 21 heavy (non-hydrogen) atoms. The summed E-state index contributed by atoms with van der Waals surface area (Å²) in [5.41, 5.74) is 3.24. The first-order chi connectivity index (χ1) is 9.86. The maximum Gasteiger partial charge on any atom is 0.234 e. The topological polar surface area (TPSA) is 52.6 Å². The van der Waals surface area contributed by atoms with E-state index >= 15 is 0 Å². The average molecular weight is 290 g/mol. The molecule has 0 spiro atoms. The second kappa shape index (κ2) is 6.48. The third-order valence-electron chi connectivity index (χ3n) is 3.89. The monoisotopic (exact) mass is 290 g/mol. The van der Waals surface area contributed by atoms with E-state index in [9.17, 15) is 9.90 Å². The molecule has 116 valence electrons. The minimum absolute atomic E-state index is 0.0654. The number of carbonyl (C=O) groups is 1. The van der Waals surface area contributed by atoms with E-state index < -0.39 is 0 Å². The van der Waals surface area contributed by atoms with Gasteiger partial charge >= 0.3 is 0 Å². The fourth-order valence-electron chi connectivity index (χ4n) is 2.60. The van der Waals surface area contributed by atoms with Gasteiger partial charge in [-0.1, -0.05) is 19.9 Å². The van der Waals surface area contributed by atoms with E-state index in [4.69, 9.17) is 0 Å². The van der Waals surface area contributed by atoms with E-state index in [1.54, 1.807) is 0 Å². The van der Waals surface area contributed by atoms with E-state index in [0.29, 0.717) is 30.8 Å². The number of carbonyl (C=O) groups excluding carboxylic acids is 1. The van der Waals surface area contributed by atoms with Crippen LogP contribution in [0.1, 0.15) is 49.3 Å². The molecule has 0 aromatic heterocycles. The molecule has 1 aromatic rings. The van der Waals surface area contributed by atoms with Crippen LogP contribution in [0.15, 0.2) is 12.1 Å². The molecule has 1 aliphatic carbocycles. The van der Waals surface area contributed by atoms with Gasteiger partial charge in [-0.25, -0.2) is 0 Å². The van der Waals surface area contributed by atoms with Crippen LogP contribution in [0.4, 0.5) is 0 Å². The van der Waals surface area contributed by atoms with Crippen LogP contribution in [0.2, 0.25) is 0 Å². The summed E-state index contributed by atoms with van der Waals surface area (Å²) < 4.78 is 0. The summed E-state index contributed by atoms with van der Waals surface area (Å²) in [6.45, 7) is 7.25. The fraction of sp³-hybridized carbons (Fsp3) is 0.588. The molecule has 0 saturated heterocycles. The van der Waals surface area contributed by atoms with Crippen molar-refractivity contribution in [3.05, 3.63) is 28.8 Å². The quantitative estimate of drug-likeness (QED) is 0.846. The van der Waals surface area contributed by atoms with Crippen molar-refractivity contribution >= 4 is 5.91 Å². The van der Waals surface area contributed by atoms with Gasteiger partial charge in [-0.05, 0) is 49.9 Å². The summed E-state index contributed by atoms with van der Waals surface area (Å²) >= 11 is 0. The molecular weight excluding hydrogens is 264 g/mol. The number of likely N-dealkylation sites (N-methyl/N-ethyl adjacent to an activating group) is 1. The zero-order chi connectivity index (χ0) is 15.6. The Hall–Kier alpha value is -1.55. The lowest BCUT2D eigenvalue weighted by Gasteiger charge is -2.19. The molecule has 2 N–H and O–H groups in total. The molecule has 0 unspecified atom stereocenters. The van der Waals surface area contributed by atoms with E-state index in [-0.39, 0.29) is 5.91 Å². The lowest BCUT2D eigenvalue weighted by molar-refractivity contribution is -0.122. The van der Waals surface area contributed by atoms with Crippen LogP contribution in [0.3, 0.4) is 0 Å². The molecule has 4 nitrogen and oxygen atoms in total. The molecule has 1 amide bonds. The van der Waals surface area contributed by atoms with Crippen LogP contribution in [-0.4, -0.2) is 35.5 Å². The van der Waals surface area contributed by atoms with Crippen LogP contribution in [0, 0.1) is 6.92 Å². The standard InChI is InChI=1S/C17H26N2O2/c1-11(2)15-8-13(16(20)7-12(15)3)9-19(4)10-17(21)18-14-5-6-14/h7-8,11,14,20H,5-6,9-10H2,1-4H3,(H,18,21). The second-order valence-electron chi connectivity index (χ2n) is 6.51. The lowest BCUT2D eigenvalue weighted by atomic mass is 9.95. The Morgan fingerprint density at radius 3 is 2.67 bits per heavy atom. The highest BCUT2D eigenvalue weighted by molar-refractivity contribution is 5.78. The fourth-order valence-corrected chi connectivity index (χ4v) is 2.60. The van der Waals surface area contributed by atoms with E-state index in [1.165, 1.54) is 5.56 Å². The first-order valence-corrected chi connectivity index (χ1v) is 7.67. The molecular formula is C17H26N2O2. The Morgan fingerprint density at radius 1 is 1.43 bits per heavy atom. The molecule has 4 heteroatoms. The summed E-state index contributed by atoms with van der Waals surface area (Å²) in [6, 6.07) is 4.28. The van der Waals surface area contributed by atoms with Crippen molar-refractivity contribution in [1.82, 2.24) is 10.2 Å². The maximum absolute atomic E-state index is 11.8. The van der Waals surface area contributed by atoms with Gasteiger partial charge in [-0.2, -0.15) is 0 Å². The number of nitrogens with zero attached hydrogens (tertiary/aromatic N) is 1. The molecule has 1 aromatic carbocycles. The number of benzene rings is 1. The molecule has 0 bridgehead atoms. The SMILES string of the molecule is Cc1cc(O)c(CN(C)CC(=O)NC2CC2)cc1C(C)C. The van der Waals surface area contributed by atoms with E-state index in [1.807, 2.05) is 24.9 Å². The van der Waals surface area contributed by atoms with Crippen LogP contribution in [0.5, 0.6) is 5.75 Å². The predicted molar refractivity (Wildman–Crippen MR) is 84.4 cm³/mol. The van der Waals surface area contributed by atoms with Gasteiger partial charge in [0, 0.05) is 18.2 Å². The van der Waals surface area contributed by atoms with Crippen molar-refractivity contribution in [2.75, 3.05) is 13.6 Å². The van der Waals surface area contributed by atoms with Gasteiger partial charge in [0.05, 0.1) is 6.54 Å². The summed E-state index contributed by atoms with van der Waals surface area (Å²) in [6.07, 6.45) is 2.21. The number of nitrogens with one attached hydrogen (secondary N) is 1. The Morgan fingerprint density at radius 2 is 2.10 bits per heavy atom. The van der Waals surface area contributed by atoms with Crippen molar-refractivity contribution in [1.29, 1.82) is 0 Å². The lowest BCUT2D eigenvalue weighted by Crippen LogP contribution is -2.35. The van der Waals surface area contributed by atoms with Crippen molar-refractivity contribution in [2.24, 2.45) is 0 Å². The number of aryl methyl sites for hydroxylation is 1. The van der Waals surface area contributed by atoms with Crippen molar-refractivity contribution < 1.29 is 9.90 Å². The normalized spacial score (nSPS) is 14.8. The van der Waals surface area contributed by atoms with Crippen molar-refractivity contribution in [2.45, 2.75) is 52.1 Å². The van der Waals surface area contributed by atoms with E-state index in [2.05, 4.69) is 25.2 Å². The molecule has 1 fully saturated rings. The van der Waals surface area contributed by atoms with Gasteiger partial charge in [-0.15, -0.1) is 0 Å². The minimum atomic E-state index is 0.0654. The van der Waals surface area contributed by atoms with Gasteiger partial charge in [0.15, 0.2) is 0 Å². The highest BCUT2D eigenvalue weighted by Gasteiger charge is 2.23. The Bertz CT molecular complexity index is 522. The molecule has 0 aliphatic heterocycles. The first-order valence-electron chi connectivity index (χ1n) is 7.67. The predicted octanol–water partition coefficient (Wildman–Crippen LogP) is 2.53. The average Bonchev–Trinajstić information content (AvgIpc) is 3.15. The first kappa shape index (κ1) is 15.8. The summed E-state index contributed by atoms with van der Waals surface area (Å²) in [4.78, 5) is 13.7. The van der Waals surface area contributed by atoms with Crippen molar-refractivity contribution in [3.8, 4) is 5.75 Å². The molecule has 0 radical (unpaired) electrons. The number of phenolic OH excluding ortho intramolecular Hbond substituents is 1. The number of hydrogen-bond acceptors (Lipinski definition) is 3. The molecule has 2 rings (SSSR count). The zero-order valence-electron chi connectivity index (χ0n) is 13.4. The van der Waals surface area contributed by atoms with Crippen LogP contribution in [-0.2, 0) is 11.3 Å². The van der Waals surface area contributed by atoms with Gasteiger partial charge < -0.3 is 10.4 Å². The van der Waals surface area contributed by atoms with Gasteiger partial charge in [0.2, 0.25) is 5.91 Å². The largest absolute Gasteiger partial charge is 0.508 e. The number of rotatable bonds is 6. The summed E-state index contributed by atoms with van der Waals surface area (Å²) in [5, 5.41) is 13.1. The Labute approximate surface area is 127 Å². The van der Waals surface area contributed by atoms with Crippen LogP contribution < -0.4 is 5.32 Å². The van der Waals surface area contributed by atoms with Gasteiger partial charge in [0.1, 0.15) is 5.75 Å². The number of aromatic hydroxyl groups is 1. The highest BCUT2D eigenvalue weighted by Crippen LogP contribution is 2.28. The molecule has 1 saturated carbocycles. The molecule has 0 atom stereocenters. The molecule has 0 heterocycles. The van der Waals surface area contributed by atoms with Crippen molar-refractivity contribution in [3.63, 3.8) is 0 Å².